The second-order valence-electron chi connectivity index (χ2n) is 7.41. The molecule has 0 spiro atoms. The van der Waals surface area contributed by atoms with Gasteiger partial charge in [-0.1, -0.05) is 57.8 Å². The molecular formula is C17H34O2. The Labute approximate surface area is 120 Å². The van der Waals surface area contributed by atoms with E-state index in [2.05, 4.69) is 6.92 Å². The summed E-state index contributed by atoms with van der Waals surface area (Å²) in [4.78, 5) is 11.4. The van der Waals surface area contributed by atoms with E-state index in [9.17, 15) is 0 Å². The van der Waals surface area contributed by atoms with Crippen LogP contribution in [0.15, 0.2) is 0 Å². The molecule has 0 aliphatic heterocycles. The summed E-state index contributed by atoms with van der Waals surface area (Å²) in [5, 5.41) is 0. The molecule has 1 aliphatic rings. The average Bonchev–Trinajstić information content (AvgIpc) is 2.31. The summed E-state index contributed by atoms with van der Waals surface area (Å²) in [5.74, 6) is 0. The van der Waals surface area contributed by atoms with Crippen molar-refractivity contribution in [1.82, 2.24) is 0 Å². The van der Waals surface area contributed by atoms with Gasteiger partial charge in [0.05, 0.1) is 5.60 Å². The van der Waals surface area contributed by atoms with Crippen LogP contribution in [0.1, 0.15) is 98.3 Å². The molecule has 0 aromatic carbocycles. The number of hydrogen-bond acceptors (Lipinski definition) is 2. The SMILES string of the molecule is CC(C)(C)OOC1(C)CCCCCCCCCCC1. The smallest absolute Gasteiger partial charge is 0.101 e. The van der Waals surface area contributed by atoms with Crippen LogP contribution in [-0.4, -0.2) is 11.2 Å². The highest BCUT2D eigenvalue weighted by Crippen LogP contribution is 2.29. The van der Waals surface area contributed by atoms with Gasteiger partial charge in [0.15, 0.2) is 0 Å². The van der Waals surface area contributed by atoms with Crippen molar-refractivity contribution in [3.8, 4) is 0 Å². The van der Waals surface area contributed by atoms with Gasteiger partial charge in [0, 0.05) is 0 Å². The minimum Gasteiger partial charge on any atom is -0.230 e. The first-order valence-corrected chi connectivity index (χ1v) is 8.28. The van der Waals surface area contributed by atoms with Crippen LogP contribution < -0.4 is 0 Å². The van der Waals surface area contributed by atoms with E-state index in [1.54, 1.807) is 0 Å². The monoisotopic (exact) mass is 270 g/mol. The minimum absolute atomic E-state index is 0.0908. The lowest BCUT2D eigenvalue weighted by molar-refractivity contribution is -0.403. The molecule has 0 heterocycles. The van der Waals surface area contributed by atoms with Crippen molar-refractivity contribution in [3.63, 3.8) is 0 Å². The molecule has 1 rings (SSSR count). The lowest BCUT2D eigenvalue weighted by atomic mass is 9.90. The van der Waals surface area contributed by atoms with Crippen LogP contribution >= 0.6 is 0 Å². The van der Waals surface area contributed by atoms with Crippen LogP contribution in [-0.2, 0) is 9.78 Å². The summed E-state index contributed by atoms with van der Waals surface area (Å²) in [6.07, 6.45) is 14.5. The van der Waals surface area contributed by atoms with Crippen LogP contribution in [0.2, 0.25) is 0 Å². The molecule has 1 fully saturated rings. The van der Waals surface area contributed by atoms with E-state index in [1.165, 1.54) is 57.8 Å². The van der Waals surface area contributed by atoms with Gasteiger partial charge in [-0.05, 0) is 40.5 Å². The zero-order valence-corrected chi connectivity index (χ0v) is 13.6. The molecule has 0 aromatic rings. The average molecular weight is 270 g/mol. The topological polar surface area (TPSA) is 18.5 Å². The highest BCUT2D eigenvalue weighted by Gasteiger charge is 2.28. The second-order valence-corrected chi connectivity index (χ2v) is 7.41. The van der Waals surface area contributed by atoms with E-state index in [-0.39, 0.29) is 11.2 Å². The van der Waals surface area contributed by atoms with Crippen LogP contribution in [0.3, 0.4) is 0 Å². The summed E-state index contributed by atoms with van der Waals surface area (Å²) < 4.78 is 0. The zero-order chi connectivity index (χ0) is 14.2. The molecule has 19 heavy (non-hydrogen) atoms. The maximum absolute atomic E-state index is 5.84. The Morgan fingerprint density at radius 1 is 0.684 bits per heavy atom. The number of rotatable bonds is 2. The molecule has 2 nitrogen and oxygen atoms in total. The predicted molar refractivity (Wildman–Crippen MR) is 81.1 cm³/mol. The lowest BCUT2D eigenvalue weighted by Crippen LogP contribution is -2.33. The molecule has 0 radical (unpaired) electrons. The molecule has 2 heteroatoms. The van der Waals surface area contributed by atoms with Crippen LogP contribution in [0.5, 0.6) is 0 Å². The predicted octanol–water partition coefficient (Wildman–Crippen LogP) is 5.80. The van der Waals surface area contributed by atoms with Crippen molar-refractivity contribution in [2.45, 2.75) is 110 Å². The molecule has 1 aliphatic carbocycles. The highest BCUT2D eigenvalue weighted by atomic mass is 17.2. The van der Waals surface area contributed by atoms with Crippen molar-refractivity contribution in [2.75, 3.05) is 0 Å². The Balaban J connectivity index is 2.44. The first-order chi connectivity index (χ1) is 8.91. The van der Waals surface area contributed by atoms with Crippen LogP contribution in [0.25, 0.3) is 0 Å². The molecule has 1 saturated carbocycles. The Bertz CT molecular complexity index is 218. The second kappa shape index (κ2) is 8.26. The minimum atomic E-state index is -0.216. The van der Waals surface area contributed by atoms with Gasteiger partial charge >= 0.3 is 0 Å². The van der Waals surface area contributed by atoms with E-state index >= 15 is 0 Å². The fourth-order valence-electron chi connectivity index (χ4n) is 2.67. The summed E-state index contributed by atoms with van der Waals surface area (Å²) in [5.41, 5.74) is -0.306. The third-order valence-corrected chi connectivity index (χ3v) is 3.90. The van der Waals surface area contributed by atoms with Crippen molar-refractivity contribution in [2.24, 2.45) is 0 Å². The Morgan fingerprint density at radius 3 is 1.42 bits per heavy atom. The van der Waals surface area contributed by atoms with Gasteiger partial charge in [0.1, 0.15) is 5.60 Å². The van der Waals surface area contributed by atoms with Crippen LogP contribution in [0, 0.1) is 0 Å². The van der Waals surface area contributed by atoms with Gasteiger partial charge < -0.3 is 0 Å². The zero-order valence-electron chi connectivity index (χ0n) is 13.6. The third-order valence-electron chi connectivity index (χ3n) is 3.90. The molecular weight excluding hydrogens is 236 g/mol. The van der Waals surface area contributed by atoms with E-state index in [0.29, 0.717) is 0 Å². The molecule has 0 unspecified atom stereocenters. The van der Waals surface area contributed by atoms with Gasteiger partial charge in [-0.25, -0.2) is 9.78 Å². The fourth-order valence-corrected chi connectivity index (χ4v) is 2.67. The molecule has 114 valence electrons. The third kappa shape index (κ3) is 8.65. The summed E-state index contributed by atoms with van der Waals surface area (Å²) in [6.45, 7) is 8.37. The highest BCUT2D eigenvalue weighted by molar-refractivity contribution is 4.75. The maximum atomic E-state index is 5.84. The van der Waals surface area contributed by atoms with Crippen molar-refractivity contribution in [1.29, 1.82) is 0 Å². The largest absolute Gasteiger partial charge is 0.230 e. The summed E-state index contributed by atoms with van der Waals surface area (Å²) in [7, 11) is 0. The Morgan fingerprint density at radius 2 is 1.05 bits per heavy atom. The van der Waals surface area contributed by atoms with E-state index in [0.717, 1.165) is 12.8 Å². The molecule has 0 saturated heterocycles. The van der Waals surface area contributed by atoms with Gasteiger partial charge in [0.2, 0.25) is 0 Å². The van der Waals surface area contributed by atoms with Gasteiger partial charge in [0.25, 0.3) is 0 Å². The Hall–Kier alpha value is -0.0800. The number of hydrogen-bond donors (Lipinski definition) is 0. The molecule has 0 amide bonds. The molecule has 0 aromatic heterocycles. The van der Waals surface area contributed by atoms with Gasteiger partial charge in [-0.15, -0.1) is 0 Å². The van der Waals surface area contributed by atoms with Crippen molar-refractivity contribution < 1.29 is 9.78 Å². The van der Waals surface area contributed by atoms with Crippen LogP contribution in [0.4, 0.5) is 0 Å². The first-order valence-electron chi connectivity index (χ1n) is 8.28. The Kier molecular flexibility index (Phi) is 7.38. The van der Waals surface area contributed by atoms with E-state index < -0.39 is 0 Å². The fraction of sp³-hybridized carbons (Fsp3) is 1.00. The van der Waals surface area contributed by atoms with Crippen molar-refractivity contribution in [3.05, 3.63) is 0 Å². The summed E-state index contributed by atoms with van der Waals surface area (Å²) in [6, 6.07) is 0. The molecule has 0 N–H and O–H groups in total. The standard InChI is InChI=1S/C17H34O2/c1-16(2,3)18-19-17(4)14-12-10-8-6-5-7-9-11-13-15-17/h5-15H2,1-4H3. The maximum Gasteiger partial charge on any atom is 0.101 e. The lowest BCUT2D eigenvalue weighted by Gasteiger charge is -2.32. The molecule has 0 atom stereocenters. The molecule has 0 bridgehead atoms. The normalized spacial score (nSPS) is 23.4. The first kappa shape index (κ1) is 17.0. The quantitative estimate of drug-likeness (QED) is 0.466. The summed E-state index contributed by atoms with van der Waals surface area (Å²) >= 11 is 0. The van der Waals surface area contributed by atoms with Gasteiger partial charge in [-0.3, -0.25) is 0 Å². The van der Waals surface area contributed by atoms with E-state index in [1.807, 2.05) is 20.8 Å². The van der Waals surface area contributed by atoms with Gasteiger partial charge in [-0.2, -0.15) is 0 Å². The van der Waals surface area contributed by atoms with Crippen molar-refractivity contribution >= 4 is 0 Å². The van der Waals surface area contributed by atoms with E-state index in [4.69, 9.17) is 9.78 Å².